The molecule has 0 radical (unpaired) electrons. The van der Waals surface area contributed by atoms with Crippen molar-refractivity contribution in [2.75, 3.05) is 7.05 Å². The third-order valence-corrected chi connectivity index (χ3v) is 3.86. The summed E-state index contributed by atoms with van der Waals surface area (Å²) in [4.78, 5) is 8.79. The Kier molecular flexibility index (Phi) is 3.27. The molecule has 0 saturated carbocycles. The minimum Gasteiger partial charge on any atom is -0.339 e. The smallest absolute Gasteiger partial charge is 0.228 e. The molecule has 0 saturated heterocycles. The van der Waals surface area contributed by atoms with Gasteiger partial charge < -0.3 is 9.84 Å². The van der Waals surface area contributed by atoms with Gasteiger partial charge in [0.1, 0.15) is 0 Å². The Morgan fingerprint density at radius 2 is 2.37 bits per heavy atom. The molecule has 0 aliphatic rings. The lowest BCUT2D eigenvalue weighted by Crippen LogP contribution is -2.23. The first-order chi connectivity index (χ1) is 9.26. The molecule has 0 amide bonds. The minimum absolute atomic E-state index is 0.311. The summed E-state index contributed by atoms with van der Waals surface area (Å²) in [5.74, 6) is 1.24. The molecule has 98 valence electrons. The maximum absolute atomic E-state index is 5.26. The van der Waals surface area contributed by atoms with Crippen LogP contribution < -0.4 is 5.32 Å². The second-order valence-corrected chi connectivity index (χ2v) is 5.38. The second kappa shape index (κ2) is 5.07. The summed E-state index contributed by atoms with van der Waals surface area (Å²) in [7, 11) is 1.91. The van der Waals surface area contributed by atoms with Crippen molar-refractivity contribution < 1.29 is 4.52 Å². The molecular formula is C13H14N4OS. The molecule has 19 heavy (non-hydrogen) atoms. The first-order valence-electron chi connectivity index (χ1n) is 6.10. The highest BCUT2D eigenvalue weighted by molar-refractivity contribution is 7.17. The SMILES string of the molecule is CNC(C)Cc1nc(-c2cnc3ccsc3c2)no1. The Balaban J connectivity index is 1.89. The summed E-state index contributed by atoms with van der Waals surface area (Å²) >= 11 is 1.66. The largest absolute Gasteiger partial charge is 0.339 e. The molecule has 0 aliphatic heterocycles. The third-order valence-electron chi connectivity index (χ3n) is 3.00. The molecule has 3 rings (SSSR count). The van der Waals surface area contributed by atoms with E-state index in [4.69, 9.17) is 4.52 Å². The zero-order chi connectivity index (χ0) is 13.2. The van der Waals surface area contributed by atoms with Gasteiger partial charge in [-0.2, -0.15) is 4.98 Å². The van der Waals surface area contributed by atoms with Crippen molar-refractivity contribution in [1.82, 2.24) is 20.4 Å². The van der Waals surface area contributed by atoms with Crippen LogP contribution in [0.4, 0.5) is 0 Å². The minimum atomic E-state index is 0.311. The lowest BCUT2D eigenvalue weighted by atomic mass is 10.2. The van der Waals surface area contributed by atoms with Gasteiger partial charge in [-0.3, -0.25) is 4.98 Å². The molecule has 3 aromatic heterocycles. The number of pyridine rings is 1. The average molecular weight is 274 g/mol. The molecule has 3 aromatic rings. The van der Waals surface area contributed by atoms with E-state index in [9.17, 15) is 0 Å². The van der Waals surface area contributed by atoms with Gasteiger partial charge in [-0.25, -0.2) is 0 Å². The Morgan fingerprint density at radius 3 is 3.21 bits per heavy atom. The van der Waals surface area contributed by atoms with E-state index < -0.39 is 0 Å². The van der Waals surface area contributed by atoms with Crippen molar-refractivity contribution in [2.45, 2.75) is 19.4 Å². The standard InChI is InChI=1S/C13H14N4OS/c1-8(14-2)5-12-16-13(17-18-12)9-6-11-10(15-7-9)3-4-19-11/h3-4,6-8,14H,5H2,1-2H3. The van der Waals surface area contributed by atoms with Crippen molar-refractivity contribution >= 4 is 21.6 Å². The van der Waals surface area contributed by atoms with Gasteiger partial charge in [-0.1, -0.05) is 5.16 Å². The van der Waals surface area contributed by atoms with Gasteiger partial charge in [0, 0.05) is 24.2 Å². The van der Waals surface area contributed by atoms with Gasteiger partial charge in [-0.15, -0.1) is 11.3 Å². The topological polar surface area (TPSA) is 63.8 Å². The van der Waals surface area contributed by atoms with E-state index in [1.54, 1.807) is 17.5 Å². The number of hydrogen-bond donors (Lipinski definition) is 1. The Morgan fingerprint density at radius 1 is 1.47 bits per heavy atom. The number of fused-ring (bicyclic) bond motifs is 1. The fourth-order valence-corrected chi connectivity index (χ4v) is 2.57. The number of nitrogens with zero attached hydrogens (tertiary/aromatic N) is 3. The maximum Gasteiger partial charge on any atom is 0.228 e. The molecule has 1 N–H and O–H groups in total. The summed E-state index contributed by atoms with van der Waals surface area (Å²) in [5.41, 5.74) is 1.89. The first-order valence-corrected chi connectivity index (χ1v) is 6.97. The summed E-state index contributed by atoms with van der Waals surface area (Å²) in [5, 5.41) is 9.19. The van der Waals surface area contributed by atoms with Crippen LogP contribution in [0.2, 0.25) is 0 Å². The third kappa shape index (κ3) is 2.50. The van der Waals surface area contributed by atoms with Crippen LogP contribution in [0.5, 0.6) is 0 Å². The zero-order valence-corrected chi connectivity index (χ0v) is 11.6. The van der Waals surface area contributed by atoms with E-state index >= 15 is 0 Å². The molecule has 1 atom stereocenters. The van der Waals surface area contributed by atoms with Gasteiger partial charge in [0.2, 0.25) is 11.7 Å². The summed E-state index contributed by atoms with van der Waals surface area (Å²) in [6, 6.07) is 4.36. The van der Waals surface area contributed by atoms with Crippen LogP contribution >= 0.6 is 11.3 Å². The van der Waals surface area contributed by atoms with Crippen molar-refractivity contribution in [3.8, 4) is 11.4 Å². The van der Waals surface area contributed by atoms with Crippen LogP contribution in [0, 0.1) is 0 Å². The number of rotatable bonds is 4. The van der Waals surface area contributed by atoms with E-state index in [-0.39, 0.29) is 0 Å². The van der Waals surface area contributed by atoms with Crippen LogP contribution in [-0.4, -0.2) is 28.2 Å². The molecule has 0 aromatic carbocycles. The lowest BCUT2D eigenvalue weighted by molar-refractivity contribution is 0.365. The van der Waals surface area contributed by atoms with Gasteiger partial charge in [0.25, 0.3) is 0 Å². The first kappa shape index (κ1) is 12.3. The van der Waals surface area contributed by atoms with Crippen molar-refractivity contribution in [1.29, 1.82) is 0 Å². The van der Waals surface area contributed by atoms with E-state index in [1.165, 1.54) is 0 Å². The summed E-state index contributed by atoms with van der Waals surface area (Å²) in [6.07, 6.45) is 2.50. The second-order valence-electron chi connectivity index (χ2n) is 4.43. The molecule has 0 spiro atoms. The van der Waals surface area contributed by atoms with Gasteiger partial charge in [0.05, 0.1) is 10.2 Å². The average Bonchev–Trinajstić information content (AvgIpc) is 3.05. The van der Waals surface area contributed by atoms with E-state index in [0.29, 0.717) is 17.8 Å². The van der Waals surface area contributed by atoms with Gasteiger partial charge in [-0.05, 0) is 31.5 Å². The molecule has 1 unspecified atom stereocenters. The highest BCUT2D eigenvalue weighted by Gasteiger charge is 2.12. The van der Waals surface area contributed by atoms with Crippen LogP contribution in [-0.2, 0) is 6.42 Å². The highest BCUT2D eigenvalue weighted by Crippen LogP contribution is 2.24. The van der Waals surface area contributed by atoms with Crippen LogP contribution in [0.1, 0.15) is 12.8 Å². The molecule has 3 heterocycles. The fraction of sp³-hybridized carbons (Fsp3) is 0.308. The molecule has 5 nitrogen and oxygen atoms in total. The number of aromatic nitrogens is 3. The lowest BCUT2D eigenvalue weighted by Gasteiger charge is -2.04. The van der Waals surface area contributed by atoms with Crippen molar-refractivity contribution in [2.24, 2.45) is 0 Å². The fourth-order valence-electron chi connectivity index (χ4n) is 1.79. The molecule has 0 fully saturated rings. The van der Waals surface area contributed by atoms with E-state index in [2.05, 4.69) is 27.4 Å². The number of hydrogen-bond acceptors (Lipinski definition) is 6. The monoisotopic (exact) mass is 274 g/mol. The van der Waals surface area contributed by atoms with Crippen LogP contribution in [0.15, 0.2) is 28.2 Å². The normalized spacial score (nSPS) is 12.9. The summed E-state index contributed by atoms with van der Waals surface area (Å²) < 4.78 is 6.39. The number of nitrogens with one attached hydrogen (secondary N) is 1. The molecular weight excluding hydrogens is 260 g/mol. The Hall–Kier alpha value is -1.79. The predicted octanol–water partition coefficient (Wildman–Crippen LogP) is 2.50. The molecule has 0 aliphatic carbocycles. The van der Waals surface area contributed by atoms with Crippen molar-refractivity contribution in [3.05, 3.63) is 29.6 Å². The van der Waals surface area contributed by atoms with E-state index in [1.807, 2.05) is 24.6 Å². The van der Waals surface area contributed by atoms with Gasteiger partial charge in [0.15, 0.2) is 0 Å². The van der Waals surface area contributed by atoms with Gasteiger partial charge >= 0.3 is 0 Å². The number of likely N-dealkylation sites (N-methyl/N-ethyl adjacent to an activating group) is 1. The molecule has 6 heteroatoms. The van der Waals surface area contributed by atoms with E-state index in [0.717, 1.165) is 22.2 Å². The Bertz CT molecular complexity index is 691. The van der Waals surface area contributed by atoms with Crippen LogP contribution in [0.25, 0.3) is 21.6 Å². The summed E-state index contributed by atoms with van der Waals surface area (Å²) in [6.45, 7) is 2.07. The maximum atomic E-state index is 5.26. The number of thiophene rings is 1. The zero-order valence-electron chi connectivity index (χ0n) is 10.8. The predicted molar refractivity (Wildman–Crippen MR) is 75.1 cm³/mol. The van der Waals surface area contributed by atoms with Crippen molar-refractivity contribution in [3.63, 3.8) is 0 Å². The quantitative estimate of drug-likeness (QED) is 0.792. The molecule has 0 bridgehead atoms. The Labute approximate surface area is 114 Å². The highest BCUT2D eigenvalue weighted by atomic mass is 32.1. The van der Waals surface area contributed by atoms with Crippen LogP contribution in [0.3, 0.4) is 0 Å².